The summed E-state index contributed by atoms with van der Waals surface area (Å²) in [5.74, 6) is 0.237. The summed E-state index contributed by atoms with van der Waals surface area (Å²) in [4.78, 5) is 11.3. The van der Waals surface area contributed by atoms with E-state index in [-0.39, 0.29) is 12.4 Å². The Labute approximate surface area is 99.5 Å². The van der Waals surface area contributed by atoms with Crippen molar-refractivity contribution in [2.75, 3.05) is 6.61 Å². The zero-order valence-electron chi connectivity index (χ0n) is 9.77. The molecule has 2 rings (SSSR count). The first kappa shape index (κ1) is 11.7. The molecule has 0 unspecified atom stereocenters. The third-order valence-corrected chi connectivity index (χ3v) is 2.65. The third-order valence-electron chi connectivity index (χ3n) is 2.65. The molecule has 0 saturated carbocycles. The maximum Gasteiger partial charge on any atom is 0.334 e. The Balaban J connectivity index is 2.34. The van der Waals surface area contributed by atoms with Crippen molar-refractivity contribution in [2.45, 2.75) is 19.4 Å². The summed E-state index contributed by atoms with van der Waals surface area (Å²) in [6, 6.07) is 7.13. The van der Waals surface area contributed by atoms with Gasteiger partial charge >= 0.3 is 5.97 Å². The van der Waals surface area contributed by atoms with E-state index in [4.69, 9.17) is 9.47 Å². The van der Waals surface area contributed by atoms with E-state index in [0.717, 1.165) is 0 Å². The Bertz CT molecular complexity index is 474. The Morgan fingerprint density at radius 3 is 2.88 bits per heavy atom. The predicted molar refractivity (Wildman–Crippen MR) is 61.4 cm³/mol. The molecule has 0 fully saturated rings. The highest BCUT2D eigenvalue weighted by Gasteiger charge is 2.39. The molecule has 1 aliphatic rings. The van der Waals surface area contributed by atoms with E-state index in [9.17, 15) is 9.90 Å². The Morgan fingerprint density at radius 1 is 1.53 bits per heavy atom. The molecule has 4 nitrogen and oxygen atoms in total. The van der Waals surface area contributed by atoms with Gasteiger partial charge in [-0.25, -0.2) is 4.79 Å². The summed E-state index contributed by atoms with van der Waals surface area (Å²) in [5.41, 5.74) is -0.640. The molecule has 17 heavy (non-hydrogen) atoms. The van der Waals surface area contributed by atoms with Crippen LogP contribution in [0.3, 0.4) is 0 Å². The summed E-state index contributed by atoms with van der Waals surface area (Å²) in [6.45, 7) is 3.60. The average molecular weight is 234 g/mol. The van der Waals surface area contributed by atoms with Crippen LogP contribution in [0.25, 0.3) is 0 Å². The van der Waals surface area contributed by atoms with Gasteiger partial charge in [-0.15, -0.1) is 0 Å². The number of rotatable bonds is 2. The molecule has 1 heterocycles. The highest BCUT2D eigenvalue weighted by Crippen LogP contribution is 2.43. The van der Waals surface area contributed by atoms with Crippen molar-refractivity contribution >= 4 is 5.97 Å². The zero-order valence-corrected chi connectivity index (χ0v) is 9.77. The molecule has 1 aromatic rings. The molecular formula is C13H14O4. The smallest absolute Gasteiger partial charge is 0.334 e. The van der Waals surface area contributed by atoms with Gasteiger partial charge in [0.05, 0.1) is 12.7 Å². The number of aliphatic hydroxyl groups is 1. The minimum absolute atomic E-state index is 0.192. The molecule has 1 atom stereocenters. The van der Waals surface area contributed by atoms with Crippen LogP contribution in [0.2, 0.25) is 0 Å². The van der Waals surface area contributed by atoms with E-state index in [1.54, 1.807) is 26.0 Å². The molecule has 0 spiro atoms. The number of fused-ring (bicyclic) bond motifs is 1. The molecule has 4 heteroatoms. The topological polar surface area (TPSA) is 55.8 Å². The lowest BCUT2D eigenvalue weighted by molar-refractivity contribution is -0.137. The fourth-order valence-corrected chi connectivity index (χ4v) is 1.77. The summed E-state index contributed by atoms with van der Waals surface area (Å²) in [5, 5.41) is 10.3. The molecule has 0 amide bonds. The molecule has 0 bridgehead atoms. The van der Waals surface area contributed by atoms with Crippen molar-refractivity contribution in [2.24, 2.45) is 0 Å². The lowest BCUT2D eigenvalue weighted by Gasteiger charge is -2.16. The molecule has 90 valence electrons. The van der Waals surface area contributed by atoms with Crippen molar-refractivity contribution < 1.29 is 19.4 Å². The largest absolute Gasteiger partial charge is 0.463 e. The zero-order chi connectivity index (χ0) is 12.5. The minimum Gasteiger partial charge on any atom is -0.463 e. The van der Waals surface area contributed by atoms with E-state index in [1.165, 1.54) is 6.08 Å². The van der Waals surface area contributed by atoms with Crippen LogP contribution in [-0.2, 0) is 15.1 Å². The van der Waals surface area contributed by atoms with Crippen LogP contribution in [0.15, 0.2) is 36.1 Å². The maximum absolute atomic E-state index is 11.3. The van der Waals surface area contributed by atoms with Crippen LogP contribution < -0.4 is 4.74 Å². The average Bonchev–Trinajstić information content (AvgIpc) is 2.52. The molecule has 0 radical (unpaired) electrons. The van der Waals surface area contributed by atoms with Gasteiger partial charge in [-0.1, -0.05) is 18.2 Å². The SMILES string of the molecule is CCOC(=O)/C=C1\Oc2ccccc2[C@]1(C)O. The molecule has 0 aliphatic carbocycles. The van der Waals surface area contributed by atoms with Crippen LogP contribution in [0.4, 0.5) is 0 Å². The second-order valence-corrected chi connectivity index (χ2v) is 3.93. The summed E-state index contributed by atoms with van der Waals surface area (Å²) in [7, 11) is 0. The molecule has 0 saturated heterocycles. The summed E-state index contributed by atoms with van der Waals surface area (Å²) >= 11 is 0. The number of hydrogen-bond acceptors (Lipinski definition) is 4. The van der Waals surface area contributed by atoms with E-state index >= 15 is 0 Å². The van der Waals surface area contributed by atoms with Gasteiger partial charge in [0.15, 0.2) is 0 Å². The standard InChI is InChI=1S/C13H14O4/c1-3-16-12(14)8-11-13(2,15)9-6-4-5-7-10(9)17-11/h4-8,15H,3H2,1-2H3/b11-8-/t13-/m0/s1. The van der Waals surface area contributed by atoms with E-state index < -0.39 is 11.6 Å². The number of carbonyl (C=O) groups excluding carboxylic acids is 1. The van der Waals surface area contributed by atoms with Crippen LogP contribution in [-0.4, -0.2) is 17.7 Å². The van der Waals surface area contributed by atoms with E-state index in [0.29, 0.717) is 11.3 Å². The first-order valence-corrected chi connectivity index (χ1v) is 5.44. The predicted octanol–water partition coefficient (Wildman–Crippen LogP) is 1.73. The molecule has 1 aromatic carbocycles. The quantitative estimate of drug-likeness (QED) is 0.625. The van der Waals surface area contributed by atoms with E-state index in [2.05, 4.69) is 0 Å². The van der Waals surface area contributed by atoms with Gasteiger partial charge in [0, 0.05) is 5.56 Å². The lowest BCUT2D eigenvalue weighted by Crippen LogP contribution is -2.22. The van der Waals surface area contributed by atoms with Gasteiger partial charge < -0.3 is 14.6 Å². The third kappa shape index (κ3) is 2.03. The Hall–Kier alpha value is -1.81. The highest BCUT2D eigenvalue weighted by atomic mass is 16.5. The fraction of sp³-hybridized carbons (Fsp3) is 0.308. The Morgan fingerprint density at radius 2 is 2.24 bits per heavy atom. The van der Waals surface area contributed by atoms with Crippen LogP contribution in [0.5, 0.6) is 5.75 Å². The summed E-state index contributed by atoms with van der Waals surface area (Å²) in [6.07, 6.45) is 1.18. The van der Waals surface area contributed by atoms with Crippen molar-refractivity contribution in [1.29, 1.82) is 0 Å². The van der Waals surface area contributed by atoms with E-state index in [1.807, 2.05) is 12.1 Å². The highest BCUT2D eigenvalue weighted by molar-refractivity contribution is 5.83. The number of carbonyl (C=O) groups is 1. The molecule has 1 aliphatic heterocycles. The first-order valence-electron chi connectivity index (χ1n) is 5.44. The van der Waals surface area contributed by atoms with Crippen LogP contribution in [0.1, 0.15) is 19.4 Å². The van der Waals surface area contributed by atoms with Crippen LogP contribution >= 0.6 is 0 Å². The Kier molecular flexibility index (Phi) is 2.90. The van der Waals surface area contributed by atoms with Gasteiger partial charge in [-0.05, 0) is 19.9 Å². The number of hydrogen-bond donors (Lipinski definition) is 1. The summed E-state index contributed by atoms with van der Waals surface area (Å²) < 4.78 is 10.2. The second kappa shape index (κ2) is 4.22. The van der Waals surface area contributed by atoms with Gasteiger partial charge in [-0.3, -0.25) is 0 Å². The van der Waals surface area contributed by atoms with Gasteiger partial charge in [-0.2, -0.15) is 0 Å². The van der Waals surface area contributed by atoms with Crippen LogP contribution in [0, 0.1) is 0 Å². The number of ether oxygens (including phenoxy) is 2. The maximum atomic E-state index is 11.3. The minimum atomic E-state index is -1.29. The number of benzene rings is 1. The normalized spacial score (nSPS) is 24.3. The second-order valence-electron chi connectivity index (χ2n) is 3.93. The van der Waals surface area contributed by atoms with Gasteiger partial charge in [0.1, 0.15) is 17.1 Å². The number of para-hydroxylation sites is 1. The lowest BCUT2D eigenvalue weighted by atomic mass is 9.95. The molecule has 0 aromatic heterocycles. The number of esters is 1. The van der Waals surface area contributed by atoms with Gasteiger partial charge in [0.2, 0.25) is 0 Å². The van der Waals surface area contributed by atoms with Crippen molar-refractivity contribution in [3.05, 3.63) is 41.7 Å². The van der Waals surface area contributed by atoms with Crippen molar-refractivity contribution in [3.63, 3.8) is 0 Å². The van der Waals surface area contributed by atoms with Gasteiger partial charge in [0.25, 0.3) is 0 Å². The molecule has 1 N–H and O–H groups in total. The first-order chi connectivity index (χ1) is 8.05. The van der Waals surface area contributed by atoms with Crippen molar-refractivity contribution in [3.8, 4) is 5.75 Å². The molecular weight excluding hydrogens is 220 g/mol. The van der Waals surface area contributed by atoms with Crippen molar-refractivity contribution in [1.82, 2.24) is 0 Å². The fourth-order valence-electron chi connectivity index (χ4n) is 1.77. The monoisotopic (exact) mass is 234 g/mol.